The third-order valence-electron chi connectivity index (χ3n) is 3.81. The lowest BCUT2D eigenvalue weighted by Gasteiger charge is -2.23. The minimum atomic E-state index is -0.524. The van der Waals surface area contributed by atoms with Crippen LogP contribution in [0.4, 0.5) is 0 Å². The van der Waals surface area contributed by atoms with Crippen molar-refractivity contribution in [1.82, 2.24) is 9.88 Å². The number of aromatic amines is 1. The average molecular weight is 338 g/mol. The lowest BCUT2D eigenvalue weighted by atomic mass is 10.0. The SMILES string of the molecule is COCCN(CC(=O)c1c(C)[nH]c(C(=O)OC)c1C)C(=O)C(C)C. The molecule has 1 amide bonds. The molecule has 0 aliphatic rings. The zero-order valence-corrected chi connectivity index (χ0v) is 15.2. The summed E-state index contributed by atoms with van der Waals surface area (Å²) in [7, 11) is 2.83. The van der Waals surface area contributed by atoms with E-state index in [-0.39, 0.29) is 29.8 Å². The maximum Gasteiger partial charge on any atom is 0.354 e. The van der Waals surface area contributed by atoms with Gasteiger partial charge in [0.2, 0.25) is 5.91 Å². The number of esters is 1. The molecule has 0 spiro atoms. The summed E-state index contributed by atoms with van der Waals surface area (Å²) in [4.78, 5) is 41.1. The molecule has 1 aromatic rings. The van der Waals surface area contributed by atoms with Gasteiger partial charge in [-0.2, -0.15) is 0 Å². The predicted octanol–water partition coefficient (Wildman–Crippen LogP) is 1.73. The lowest BCUT2D eigenvalue weighted by Crippen LogP contribution is -2.40. The van der Waals surface area contributed by atoms with Gasteiger partial charge in [-0.25, -0.2) is 4.79 Å². The molecule has 0 unspecified atom stereocenters. The standard InChI is InChI=1S/C17H26N2O5/c1-10(2)16(21)19(7-8-23-5)9-13(20)14-11(3)15(17(22)24-6)18-12(14)4/h10,18H,7-9H2,1-6H3. The van der Waals surface area contributed by atoms with E-state index in [1.807, 2.05) is 0 Å². The number of nitrogens with one attached hydrogen (secondary N) is 1. The highest BCUT2D eigenvalue weighted by atomic mass is 16.5. The van der Waals surface area contributed by atoms with Crippen molar-refractivity contribution >= 4 is 17.7 Å². The van der Waals surface area contributed by atoms with Crippen LogP contribution >= 0.6 is 0 Å². The van der Waals surface area contributed by atoms with E-state index < -0.39 is 5.97 Å². The fourth-order valence-corrected chi connectivity index (χ4v) is 2.56. The number of H-pyrrole nitrogens is 1. The zero-order chi connectivity index (χ0) is 18.4. The van der Waals surface area contributed by atoms with Gasteiger partial charge in [0.05, 0.1) is 20.3 Å². The van der Waals surface area contributed by atoms with Gasteiger partial charge in [0.1, 0.15) is 5.69 Å². The molecular formula is C17H26N2O5. The molecule has 7 heteroatoms. The fourth-order valence-electron chi connectivity index (χ4n) is 2.56. The molecule has 1 N–H and O–H groups in total. The molecule has 0 aliphatic heterocycles. The largest absolute Gasteiger partial charge is 0.464 e. The molecule has 0 bridgehead atoms. The van der Waals surface area contributed by atoms with Crippen LogP contribution in [0.1, 0.15) is 46.0 Å². The number of aryl methyl sites for hydroxylation is 1. The Balaban J connectivity index is 3.05. The number of hydrogen-bond acceptors (Lipinski definition) is 5. The Morgan fingerprint density at radius 3 is 2.29 bits per heavy atom. The molecule has 0 radical (unpaired) electrons. The summed E-state index contributed by atoms with van der Waals surface area (Å²) in [6, 6.07) is 0. The van der Waals surface area contributed by atoms with Crippen LogP contribution in [0.25, 0.3) is 0 Å². The highest BCUT2D eigenvalue weighted by Gasteiger charge is 2.26. The Kier molecular flexibility index (Phi) is 7.16. The van der Waals surface area contributed by atoms with Crippen LogP contribution in [-0.4, -0.2) is 61.5 Å². The monoisotopic (exact) mass is 338 g/mol. The van der Waals surface area contributed by atoms with Gasteiger partial charge in [-0.3, -0.25) is 9.59 Å². The highest BCUT2D eigenvalue weighted by Crippen LogP contribution is 2.20. The summed E-state index contributed by atoms with van der Waals surface area (Å²) in [5.74, 6) is -1.07. The summed E-state index contributed by atoms with van der Waals surface area (Å²) >= 11 is 0. The molecule has 0 atom stereocenters. The molecule has 0 fully saturated rings. The first-order chi connectivity index (χ1) is 11.2. The molecule has 134 valence electrons. The number of ketones is 1. The van der Waals surface area contributed by atoms with Gasteiger partial charge in [-0.05, 0) is 19.4 Å². The number of Topliss-reactive ketones (excluding diaryl/α,β-unsaturated/α-hetero) is 1. The minimum absolute atomic E-state index is 0.0550. The lowest BCUT2D eigenvalue weighted by molar-refractivity contribution is -0.134. The van der Waals surface area contributed by atoms with Gasteiger partial charge in [-0.15, -0.1) is 0 Å². The number of amides is 1. The average Bonchev–Trinajstić information content (AvgIpc) is 2.84. The minimum Gasteiger partial charge on any atom is -0.464 e. The molecular weight excluding hydrogens is 312 g/mol. The van der Waals surface area contributed by atoms with Crippen molar-refractivity contribution in [3.8, 4) is 0 Å². The van der Waals surface area contributed by atoms with Crippen LogP contribution in [0.15, 0.2) is 0 Å². The molecule has 7 nitrogen and oxygen atoms in total. The summed E-state index contributed by atoms with van der Waals surface area (Å²) in [5.41, 5.74) is 1.81. The number of rotatable bonds is 8. The Morgan fingerprint density at radius 2 is 1.79 bits per heavy atom. The summed E-state index contributed by atoms with van der Waals surface area (Å²) in [6.45, 7) is 7.61. The first-order valence-electron chi connectivity index (χ1n) is 7.82. The maximum atomic E-state index is 12.7. The van der Waals surface area contributed by atoms with Crippen molar-refractivity contribution in [2.75, 3.05) is 33.9 Å². The van der Waals surface area contributed by atoms with E-state index in [1.54, 1.807) is 34.8 Å². The van der Waals surface area contributed by atoms with E-state index in [9.17, 15) is 14.4 Å². The first kappa shape index (κ1) is 19.9. The molecule has 0 saturated heterocycles. The van der Waals surface area contributed by atoms with E-state index in [4.69, 9.17) is 9.47 Å². The third kappa shape index (κ3) is 4.44. The van der Waals surface area contributed by atoms with Gasteiger partial charge in [0, 0.05) is 30.8 Å². The predicted molar refractivity (Wildman–Crippen MR) is 89.2 cm³/mol. The molecule has 0 aromatic carbocycles. The van der Waals surface area contributed by atoms with Crippen molar-refractivity contribution < 1.29 is 23.9 Å². The Hall–Kier alpha value is -2.15. The van der Waals surface area contributed by atoms with Gasteiger partial charge in [-0.1, -0.05) is 13.8 Å². The van der Waals surface area contributed by atoms with Crippen LogP contribution in [0.5, 0.6) is 0 Å². The van der Waals surface area contributed by atoms with Gasteiger partial charge in [0.15, 0.2) is 5.78 Å². The molecule has 0 aliphatic carbocycles. The number of aromatic nitrogens is 1. The number of methoxy groups -OCH3 is 2. The Morgan fingerprint density at radius 1 is 1.17 bits per heavy atom. The van der Waals surface area contributed by atoms with Crippen molar-refractivity contribution in [1.29, 1.82) is 0 Å². The summed E-state index contributed by atoms with van der Waals surface area (Å²) in [5, 5.41) is 0. The molecule has 24 heavy (non-hydrogen) atoms. The Bertz CT molecular complexity index is 619. The number of carbonyl (C=O) groups is 3. The second kappa shape index (κ2) is 8.63. The van der Waals surface area contributed by atoms with Gasteiger partial charge >= 0.3 is 5.97 Å². The second-order valence-corrected chi connectivity index (χ2v) is 5.95. The van der Waals surface area contributed by atoms with Crippen LogP contribution in [0.2, 0.25) is 0 Å². The van der Waals surface area contributed by atoms with Gasteiger partial charge < -0.3 is 19.4 Å². The van der Waals surface area contributed by atoms with Crippen molar-refractivity contribution in [2.45, 2.75) is 27.7 Å². The number of carbonyl (C=O) groups excluding carboxylic acids is 3. The molecule has 1 rings (SSSR count). The molecule has 1 aromatic heterocycles. The summed E-state index contributed by atoms with van der Waals surface area (Å²) in [6.07, 6.45) is 0. The second-order valence-electron chi connectivity index (χ2n) is 5.95. The van der Waals surface area contributed by atoms with Crippen molar-refractivity contribution in [3.63, 3.8) is 0 Å². The van der Waals surface area contributed by atoms with Crippen LogP contribution < -0.4 is 0 Å². The smallest absolute Gasteiger partial charge is 0.354 e. The first-order valence-corrected chi connectivity index (χ1v) is 7.82. The van der Waals surface area contributed by atoms with Crippen LogP contribution in [0, 0.1) is 19.8 Å². The zero-order valence-electron chi connectivity index (χ0n) is 15.2. The van der Waals surface area contributed by atoms with Crippen LogP contribution in [0.3, 0.4) is 0 Å². The normalized spacial score (nSPS) is 10.8. The quantitative estimate of drug-likeness (QED) is 0.576. The summed E-state index contributed by atoms with van der Waals surface area (Å²) < 4.78 is 9.72. The third-order valence-corrected chi connectivity index (χ3v) is 3.81. The van der Waals surface area contributed by atoms with Gasteiger partial charge in [0.25, 0.3) is 0 Å². The number of hydrogen-bond donors (Lipinski definition) is 1. The Labute approximate surface area is 142 Å². The maximum absolute atomic E-state index is 12.7. The van der Waals surface area contributed by atoms with E-state index in [0.717, 1.165) is 0 Å². The number of ether oxygens (including phenoxy) is 2. The van der Waals surface area contributed by atoms with Crippen molar-refractivity contribution in [2.24, 2.45) is 5.92 Å². The van der Waals surface area contributed by atoms with E-state index in [2.05, 4.69) is 4.98 Å². The fraction of sp³-hybridized carbons (Fsp3) is 0.588. The van der Waals surface area contributed by atoms with E-state index in [0.29, 0.717) is 30.0 Å². The molecule has 1 heterocycles. The van der Waals surface area contributed by atoms with E-state index in [1.165, 1.54) is 12.0 Å². The van der Waals surface area contributed by atoms with E-state index >= 15 is 0 Å². The molecule has 0 saturated carbocycles. The highest BCUT2D eigenvalue weighted by molar-refractivity contribution is 6.04. The van der Waals surface area contributed by atoms with Crippen molar-refractivity contribution in [3.05, 3.63) is 22.5 Å². The van der Waals surface area contributed by atoms with Crippen LogP contribution in [-0.2, 0) is 14.3 Å². The topological polar surface area (TPSA) is 88.7 Å². The number of nitrogens with zero attached hydrogens (tertiary/aromatic N) is 1.